The average Bonchev–Trinajstić information content (AvgIpc) is 3.23. The van der Waals surface area contributed by atoms with Crippen LogP contribution in [0.2, 0.25) is 0 Å². The summed E-state index contributed by atoms with van der Waals surface area (Å²) in [5.74, 6) is 1.62. The maximum atomic E-state index is 5.90. The molecule has 130 valence electrons. The SMILES string of the molecule is C1=C(N2CCCC2)CCC(c2ccc(OCc3ccccc3)cc2)C1. The van der Waals surface area contributed by atoms with Crippen LogP contribution >= 0.6 is 0 Å². The maximum absolute atomic E-state index is 5.90. The van der Waals surface area contributed by atoms with E-state index in [4.69, 9.17) is 4.74 Å². The maximum Gasteiger partial charge on any atom is 0.119 e. The van der Waals surface area contributed by atoms with E-state index in [2.05, 4.69) is 59.5 Å². The van der Waals surface area contributed by atoms with E-state index in [-0.39, 0.29) is 0 Å². The summed E-state index contributed by atoms with van der Waals surface area (Å²) in [6, 6.07) is 19.1. The molecule has 4 rings (SSSR count). The van der Waals surface area contributed by atoms with Crippen molar-refractivity contribution in [2.75, 3.05) is 13.1 Å². The zero-order valence-electron chi connectivity index (χ0n) is 14.9. The summed E-state index contributed by atoms with van der Waals surface area (Å²) in [6.45, 7) is 3.17. The van der Waals surface area contributed by atoms with E-state index in [1.165, 1.54) is 56.3 Å². The molecular weight excluding hydrogens is 306 g/mol. The third-order valence-corrected chi connectivity index (χ3v) is 5.50. The summed E-state index contributed by atoms with van der Waals surface area (Å²) < 4.78 is 5.90. The molecule has 1 fully saturated rings. The smallest absolute Gasteiger partial charge is 0.119 e. The quantitative estimate of drug-likeness (QED) is 0.715. The number of ether oxygens (including phenoxy) is 1. The van der Waals surface area contributed by atoms with Gasteiger partial charge in [0.05, 0.1) is 0 Å². The van der Waals surface area contributed by atoms with Gasteiger partial charge in [-0.05, 0) is 61.3 Å². The zero-order valence-corrected chi connectivity index (χ0v) is 14.9. The predicted molar refractivity (Wildman–Crippen MR) is 103 cm³/mol. The van der Waals surface area contributed by atoms with Crippen molar-refractivity contribution in [3.63, 3.8) is 0 Å². The molecule has 0 saturated carbocycles. The molecule has 0 bridgehead atoms. The minimum atomic E-state index is 0.631. The van der Waals surface area contributed by atoms with Crippen molar-refractivity contribution in [1.29, 1.82) is 0 Å². The molecule has 2 nitrogen and oxygen atoms in total. The van der Waals surface area contributed by atoms with E-state index in [0.717, 1.165) is 5.75 Å². The first kappa shape index (κ1) is 16.3. The van der Waals surface area contributed by atoms with Crippen LogP contribution in [0.1, 0.15) is 49.1 Å². The fraction of sp³-hybridized carbons (Fsp3) is 0.391. The second-order valence-corrected chi connectivity index (χ2v) is 7.20. The van der Waals surface area contributed by atoms with Gasteiger partial charge in [-0.3, -0.25) is 0 Å². The number of hydrogen-bond donors (Lipinski definition) is 0. The van der Waals surface area contributed by atoms with Crippen LogP contribution in [-0.4, -0.2) is 18.0 Å². The molecule has 0 N–H and O–H groups in total. The summed E-state index contributed by atoms with van der Waals surface area (Å²) in [5.41, 5.74) is 4.25. The lowest BCUT2D eigenvalue weighted by atomic mass is 9.86. The number of allylic oxidation sites excluding steroid dienone is 2. The standard InChI is InChI=1S/C23H27NO/c1-2-6-19(7-3-1)18-25-23-14-10-21(11-15-23)20-8-12-22(13-9-20)24-16-4-5-17-24/h1-3,6-7,10-12,14-15,20H,4-5,8-9,13,16-18H2. The third-order valence-electron chi connectivity index (χ3n) is 5.50. The summed E-state index contributed by atoms with van der Waals surface area (Å²) in [7, 11) is 0. The first-order valence-electron chi connectivity index (χ1n) is 9.59. The van der Waals surface area contributed by atoms with Gasteiger partial charge in [0.1, 0.15) is 12.4 Å². The largest absolute Gasteiger partial charge is 0.489 e. The molecule has 1 saturated heterocycles. The Morgan fingerprint density at radius 2 is 1.68 bits per heavy atom. The molecule has 2 aromatic carbocycles. The van der Waals surface area contributed by atoms with Crippen molar-refractivity contribution >= 4 is 0 Å². The highest BCUT2D eigenvalue weighted by Gasteiger charge is 2.21. The second-order valence-electron chi connectivity index (χ2n) is 7.20. The van der Waals surface area contributed by atoms with Crippen LogP contribution in [0.25, 0.3) is 0 Å². The van der Waals surface area contributed by atoms with E-state index >= 15 is 0 Å². The molecule has 0 radical (unpaired) electrons. The van der Waals surface area contributed by atoms with Gasteiger partial charge in [0.2, 0.25) is 0 Å². The van der Waals surface area contributed by atoms with E-state index < -0.39 is 0 Å². The molecule has 1 heterocycles. The molecule has 0 amide bonds. The van der Waals surface area contributed by atoms with Crippen LogP contribution in [0, 0.1) is 0 Å². The van der Waals surface area contributed by atoms with Crippen LogP contribution in [-0.2, 0) is 6.61 Å². The number of nitrogens with zero attached hydrogens (tertiary/aromatic N) is 1. The Balaban J connectivity index is 1.33. The summed E-state index contributed by atoms with van der Waals surface area (Å²) in [5, 5.41) is 0. The van der Waals surface area contributed by atoms with E-state index in [1.807, 2.05) is 6.07 Å². The van der Waals surface area contributed by atoms with Crippen molar-refractivity contribution in [3.8, 4) is 5.75 Å². The fourth-order valence-corrected chi connectivity index (χ4v) is 3.99. The monoisotopic (exact) mass is 333 g/mol. The highest BCUT2D eigenvalue weighted by atomic mass is 16.5. The van der Waals surface area contributed by atoms with Crippen LogP contribution < -0.4 is 4.74 Å². The van der Waals surface area contributed by atoms with Crippen LogP contribution in [0.3, 0.4) is 0 Å². The highest BCUT2D eigenvalue weighted by Crippen LogP contribution is 2.34. The molecule has 0 spiro atoms. The summed E-state index contributed by atoms with van der Waals surface area (Å²) in [4.78, 5) is 2.59. The number of rotatable bonds is 5. The Hall–Kier alpha value is -2.22. The van der Waals surface area contributed by atoms with Gasteiger partial charge < -0.3 is 9.64 Å². The fourth-order valence-electron chi connectivity index (χ4n) is 3.99. The molecular formula is C23H27NO. The van der Waals surface area contributed by atoms with Gasteiger partial charge in [0, 0.05) is 18.8 Å². The zero-order chi connectivity index (χ0) is 16.9. The topological polar surface area (TPSA) is 12.5 Å². The van der Waals surface area contributed by atoms with Crippen LogP contribution in [0.15, 0.2) is 66.4 Å². The van der Waals surface area contributed by atoms with Gasteiger partial charge >= 0.3 is 0 Å². The summed E-state index contributed by atoms with van der Waals surface area (Å²) in [6.07, 6.45) is 8.90. The minimum absolute atomic E-state index is 0.631. The molecule has 25 heavy (non-hydrogen) atoms. The first-order valence-corrected chi connectivity index (χ1v) is 9.59. The highest BCUT2D eigenvalue weighted by molar-refractivity contribution is 5.31. The van der Waals surface area contributed by atoms with Gasteiger partial charge in [0.25, 0.3) is 0 Å². The van der Waals surface area contributed by atoms with Gasteiger partial charge in [-0.1, -0.05) is 48.5 Å². The van der Waals surface area contributed by atoms with Crippen molar-refractivity contribution in [3.05, 3.63) is 77.5 Å². The molecule has 1 unspecified atom stereocenters. The van der Waals surface area contributed by atoms with Crippen molar-refractivity contribution < 1.29 is 4.74 Å². The Bertz CT molecular complexity index is 699. The number of hydrogen-bond acceptors (Lipinski definition) is 2. The van der Waals surface area contributed by atoms with E-state index in [9.17, 15) is 0 Å². The van der Waals surface area contributed by atoms with Gasteiger partial charge in [-0.2, -0.15) is 0 Å². The Labute approximate surface area is 151 Å². The second kappa shape index (κ2) is 7.77. The van der Waals surface area contributed by atoms with Gasteiger partial charge in [-0.25, -0.2) is 0 Å². The molecule has 0 aromatic heterocycles. The summed E-state index contributed by atoms with van der Waals surface area (Å²) >= 11 is 0. The molecule has 1 aliphatic carbocycles. The molecule has 1 aliphatic heterocycles. The predicted octanol–water partition coefficient (Wildman–Crippen LogP) is 5.51. The third kappa shape index (κ3) is 4.07. The minimum Gasteiger partial charge on any atom is -0.489 e. The van der Waals surface area contributed by atoms with Crippen LogP contribution in [0.4, 0.5) is 0 Å². The molecule has 2 aromatic rings. The molecule has 1 atom stereocenters. The van der Waals surface area contributed by atoms with E-state index in [1.54, 1.807) is 5.70 Å². The normalized spacial score (nSPS) is 20.4. The van der Waals surface area contributed by atoms with E-state index in [0.29, 0.717) is 12.5 Å². The molecule has 2 heteroatoms. The Kier molecular flexibility index (Phi) is 5.06. The Morgan fingerprint density at radius 1 is 0.920 bits per heavy atom. The average molecular weight is 333 g/mol. The van der Waals surface area contributed by atoms with Crippen molar-refractivity contribution in [2.24, 2.45) is 0 Å². The number of likely N-dealkylation sites (tertiary alicyclic amines) is 1. The molecule has 2 aliphatic rings. The Morgan fingerprint density at radius 3 is 2.36 bits per heavy atom. The lowest BCUT2D eigenvalue weighted by molar-refractivity contribution is 0.306. The van der Waals surface area contributed by atoms with Gasteiger partial charge in [0.15, 0.2) is 0 Å². The first-order chi connectivity index (χ1) is 12.4. The van der Waals surface area contributed by atoms with Crippen molar-refractivity contribution in [2.45, 2.75) is 44.6 Å². The lowest BCUT2D eigenvalue weighted by Gasteiger charge is -2.28. The number of benzene rings is 2. The van der Waals surface area contributed by atoms with Gasteiger partial charge in [-0.15, -0.1) is 0 Å². The van der Waals surface area contributed by atoms with Crippen LogP contribution in [0.5, 0.6) is 5.75 Å². The lowest BCUT2D eigenvalue weighted by Crippen LogP contribution is -2.21. The van der Waals surface area contributed by atoms with Crippen molar-refractivity contribution in [1.82, 2.24) is 4.90 Å².